The predicted molar refractivity (Wildman–Crippen MR) is 75.3 cm³/mol. The van der Waals surface area contributed by atoms with E-state index in [0.29, 0.717) is 5.92 Å². The van der Waals surface area contributed by atoms with Gasteiger partial charge in [-0.25, -0.2) is 0 Å². The minimum Gasteiger partial charge on any atom is -0.348 e. The van der Waals surface area contributed by atoms with Gasteiger partial charge in [0, 0.05) is 11.6 Å². The molecule has 0 aliphatic heterocycles. The number of halogens is 1. The lowest BCUT2D eigenvalue weighted by molar-refractivity contribution is 0.0938. The third-order valence-electron chi connectivity index (χ3n) is 3.59. The molecule has 3 heteroatoms. The first-order valence-electron chi connectivity index (χ1n) is 6.63. The van der Waals surface area contributed by atoms with Crippen LogP contribution in [-0.2, 0) is 0 Å². The molecule has 2 atom stereocenters. The molecule has 98 valence electrons. The maximum Gasteiger partial charge on any atom is 0.251 e. The van der Waals surface area contributed by atoms with Gasteiger partial charge in [0.25, 0.3) is 5.91 Å². The summed E-state index contributed by atoms with van der Waals surface area (Å²) >= 11 is 6.16. The third kappa shape index (κ3) is 3.05. The molecular weight excluding hydrogens is 246 g/mol. The van der Waals surface area contributed by atoms with E-state index in [4.69, 9.17) is 11.6 Å². The Morgan fingerprint density at radius 2 is 1.94 bits per heavy atom. The zero-order valence-corrected chi connectivity index (χ0v) is 11.7. The molecule has 0 spiro atoms. The van der Waals surface area contributed by atoms with Crippen molar-refractivity contribution in [3.05, 3.63) is 35.4 Å². The van der Waals surface area contributed by atoms with E-state index >= 15 is 0 Å². The Balaban J connectivity index is 2.00. The number of amides is 1. The lowest BCUT2D eigenvalue weighted by Gasteiger charge is -2.16. The summed E-state index contributed by atoms with van der Waals surface area (Å²) in [5, 5.41) is 3.11. The average Bonchev–Trinajstić information content (AvgIpc) is 2.75. The van der Waals surface area contributed by atoms with Crippen LogP contribution in [0, 0.1) is 0 Å². The van der Waals surface area contributed by atoms with Gasteiger partial charge in [0.1, 0.15) is 0 Å². The highest BCUT2D eigenvalue weighted by molar-refractivity contribution is 6.21. The van der Waals surface area contributed by atoms with Crippen LogP contribution in [0.15, 0.2) is 24.3 Å². The molecular formula is C15H20ClNO. The van der Waals surface area contributed by atoms with E-state index in [-0.39, 0.29) is 17.3 Å². The molecule has 1 amide bonds. The van der Waals surface area contributed by atoms with Crippen molar-refractivity contribution in [3.63, 3.8) is 0 Å². The molecule has 2 unspecified atom stereocenters. The lowest BCUT2D eigenvalue weighted by Crippen LogP contribution is -2.37. The number of benzene rings is 1. The van der Waals surface area contributed by atoms with Crippen LogP contribution in [-0.4, -0.2) is 17.3 Å². The molecule has 0 saturated heterocycles. The Morgan fingerprint density at radius 3 is 2.44 bits per heavy atom. The molecule has 1 aromatic rings. The Kier molecular flexibility index (Phi) is 4.28. The summed E-state index contributed by atoms with van der Waals surface area (Å²) in [7, 11) is 0. The van der Waals surface area contributed by atoms with Crippen LogP contribution in [0.2, 0.25) is 0 Å². The second kappa shape index (κ2) is 5.75. The summed E-state index contributed by atoms with van der Waals surface area (Å²) in [5.41, 5.74) is 1.97. The standard InChI is InChI=1S/C15H20ClNO/c1-10(2)11-6-8-12(9-7-11)15(18)17-14-5-3-4-13(14)16/h6-10,13-14H,3-5H2,1-2H3,(H,17,18). The lowest BCUT2D eigenvalue weighted by atomic mass is 10.0. The summed E-state index contributed by atoms with van der Waals surface area (Å²) in [6, 6.07) is 7.95. The minimum atomic E-state index is -0.0112. The number of carbonyl (C=O) groups is 1. The van der Waals surface area contributed by atoms with Gasteiger partial charge in [0.15, 0.2) is 0 Å². The summed E-state index contributed by atoms with van der Waals surface area (Å²) in [5.74, 6) is 0.479. The summed E-state index contributed by atoms with van der Waals surface area (Å²) in [6.07, 6.45) is 3.09. The fourth-order valence-corrected chi connectivity index (χ4v) is 2.69. The second-order valence-corrected chi connectivity index (χ2v) is 5.86. The van der Waals surface area contributed by atoms with Gasteiger partial charge >= 0.3 is 0 Å². The molecule has 0 bridgehead atoms. The fraction of sp³-hybridized carbons (Fsp3) is 0.533. The van der Waals surface area contributed by atoms with Crippen LogP contribution >= 0.6 is 11.6 Å². The van der Waals surface area contributed by atoms with Crippen LogP contribution < -0.4 is 5.32 Å². The molecule has 1 saturated carbocycles. The SMILES string of the molecule is CC(C)c1ccc(C(=O)NC2CCCC2Cl)cc1. The molecule has 18 heavy (non-hydrogen) atoms. The number of hydrogen-bond acceptors (Lipinski definition) is 1. The van der Waals surface area contributed by atoms with E-state index in [1.165, 1.54) is 5.56 Å². The summed E-state index contributed by atoms with van der Waals surface area (Å²) in [6.45, 7) is 4.29. The molecule has 1 N–H and O–H groups in total. The first-order chi connectivity index (χ1) is 8.58. The normalized spacial score (nSPS) is 23.3. The van der Waals surface area contributed by atoms with E-state index in [1.54, 1.807) is 0 Å². The van der Waals surface area contributed by atoms with Gasteiger partial charge in [-0.15, -0.1) is 11.6 Å². The van der Waals surface area contributed by atoms with E-state index in [0.717, 1.165) is 24.8 Å². The van der Waals surface area contributed by atoms with Crippen molar-refractivity contribution >= 4 is 17.5 Å². The van der Waals surface area contributed by atoms with Gasteiger partial charge in [-0.3, -0.25) is 4.79 Å². The van der Waals surface area contributed by atoms with Crippen LogP contribution in [0.25, 0.3) is 0 Å². The maximum absolute atomic E-state index is 12.1. The topological polar surface area (TPSA) is 29.1 Å². The number of nitrogens with one attached hydrogen (secondary N) is 1. The van der Waals surface area contributed by atoms with Gasteiger partial charge in [-0.2, -0.15) is 0 Å². The average molecular weight is 266 g/mol. The highest BCUT2D eigenvalue weighted by Crippen LogP contribution is 2.24. The van der Waals surface area contributed by atoms with Crippen molar-refractivity contribution in [2.75, 3.05) is 0 Å². The van der Waals surface area contributed by atoms with E-state index in [2.05, 4.69) is 19.2 Å². The second-order valence-electron chi connectivity index (χ2n) is 5.30. The van der Waals surface area contributed by atoms with Crippen LogP contribution in [0.5, 0.6) is 0 Å². The van der Waals surface area contributed by atoms with Crippen LogP contribution in [0.3, 0.4) is 0 Å². The molecule has 1 aliphatic carbocycles. The fourth-order valence-electron chi connectivity index (χ4n) is 2.35. The largest absolute Gasteiger partial charge is 0.348 e. The molecule has 1 aromatic carbocycles. The van der Waals surface area contributed by atoms with Gasteiger partial charge in [0.05, 0.1) is 5.38 Å². The molecule has 1 aliphatic rings. The zero-order chi connectivity index (χ0) is 13.1. The molecule has 0 heterocycles. The zero-order valence-electron chi connectivity index (χ0n) is 10.9. The number of hydrogen-bond donors (Lipinski definition) is 1. The Morgan fingerprint density at radius 1 is 1.28 bits per heavy atom. The molecule has 0 aromatic heterocycles. The van der Waals surface area contributed by atoms with Gasteiger partial charge in [-0.1, -0.05) is 26.0 Å². The third-order valence-corrected chi connectivity index (χ3v) is 4.11. The maximum atomic E-state index is 12.1. The summed E-state index contributed by atoms with van der Waals surface area (Å²) in [4.78, 5) is 12.1. The first-order valence-corrected chi connectivity index (χ1v) is 7.06. The summed E-state index contributed by atoms with van der Waals surface area (Å²) < 4.78 is 0. The van der Waals surface area contributed by atoms with E-state index in [9.17, 15) is 4.79 Å². The molecule has 0 radical (unpaired) electrons. The highest BCUT2D eigenvalue weighted by atomic mass is 35.5. The van der Waals surface area contributed by atoms with Crippen molar-refractivity contribution < 1.29 is 4.79 Å². The quantitative estimate of drug-likeness (QED) is 0.830. The molecule has 2 nitrogen and oxygen atoms in total. The van der Waals surface area contributed by atoms with Gasteiger partial charge in [-0.05, 0) is 42.9 Å². The Labute approximate surface area is 114 Å². The Bertz CT molecular complexity index is 413. The van der Waals surface area contributed by atoms with Crippen molar-refractivity contribution in [2.45, 2.75) is 50.4 Å². The van der Waals surface area contributed by atoms with Crippen molar-refractivity contribution in [1.29, 1.82) is 0 Å². The first kappa shape index (κ1) is 13.4. The monoisotopic (exact) mass is 265 g/mol. The molecule has 1 fully saturated rings. The highest BCUT2D eigenvalue weighted by Gasteiger charge is 2.26. The smallest absolute Gasteiger partial charge is 0.251 e. The number of rotatable bonds is 3. The number of alkyl halides is 1. The Hall–Kier alpha value is -1.02. The van der Waals surface area contributed by atoms with Crippen molar-refractivity contribution in [1.82, 2.24) is 5.32 Å². The van der Waals surface area contributed by atoms with E-state index < -0.39 is 0 Å². The van der Waals surface area contributed by atoms with E-state index in [1.807, 2.05) is 24.3 Å². The van der Waals surface area contributed by atoms with Crippen molar-refractivity contribution in [3.8, 4) is 0 Å². The minimum absolute atomic E-state index is 0.0112. The number of carbonyl (C=O) groups excluding carboxylic acids is 1. The van der Waals surface area contributed by atoms with Crippen LogP contribution in [0.1, 0.15) is 54.9 Å². The molecule has 2 rings (SSSR count). The van der Waals surface area contributed by atoms with Gasteiger partial charge < -0.3 is 5.32 Å². The predicted octanol–water partition coefficient (Wildman–Crippen LogP) is 3.70. The van der Waals surface area contributed by atoms with Gasteiger partial charge in [0.2, 0.25) is 0 Å². The van der Waals surface area contributed by atoms with Crippen molar-refractivity contribution in [2.24, 2.45) is 0 Å². The van der Waals surface area contributed by atoms with Crippen LogP contribution in [0.4, 0.5) is 0 Å².